The Morgan fingerprint density at radius 1 is 1.00 bits per heavy atom. The van der Waals surface area contributed by atoms with Crippen LogP contribution in [-0.2, 0) is 4.79 Å². The maximum absolute atomic E-state index is 13.2. The van der Waals surface area contributed by atoms with Gasteiger partial charge in [0.05, 0.1) is 33.4 Å². The number of carbonyl (C=O) groups is 1. The zero-order valence-corrected chi connectivity index (χ0v) is 18.0. The predicted octanol–water partition coefficient (Wildman–Crippen LogP) is 6.69. The number of carbonyl (C=O) groups excluding carboxylic acids is 1. The number of hydrogen-bond donors (Lipinski definition) is 2. The van der Waals surface area contributed by atoms with Gasteiger partial charge in [0.15, 0.2) is 0 Å². The van der Waals surface area contributed by atoms with Crippen LogP contribution < -0.4 is 10.6 Å². The number of rotatable bonds is 1. The first-order valence-corrected chi connectivity index (χ1v) is 10.3. The highest BCUT2D eigenvalue weighted by molar-refractivity contribution is 6.42. The standard InChI is InChI=1S/C23H24Cl2N2O/c1-12-7-17-18(8-13(12)2)27-22(14-5-6-15(24)16(25)9-14)21-19(26-17)10-23(3,4)11-20(21)28/h5-10,21-22,26-27H,11H2,1-4H3/t21-,22+/m0/s1. The molecule has 3 nitrogen and oxygen atoms in total. The van der Waals surface area contributed by atoms with Crippen LogP contribution in [0.5, 0.6) is 0 Å². The van der Waals surface area contributed by atoms with Crippen molar-refractivity contribution >= 4 is 40.4 Å². The van der Waals surface area contributed by atoms with Gasteiger partial charge in [-0.15, -0.1) is 0 Å². The molecule has 0 fully saturated rings. The Balaban J connectivity index is 1.91. The summed E-state index contributed by atoms with van der Waals surface area (Å²) in [6.07, 6.45) is 2.71. The van der Waals surface area contributed by atoms with E-state index < -0.39 is 0 Å². The summed E-state index contributed by atoms with van der Waals surface area (Å²) >= 11 is 12.4. The number of ketones is 1. The minimum atomic E-state index is -0.307. The van der Waals surface area contributed by atoms with Gasteiger partial charge in [0.25, 0.3) is 0 Å². The lowest BCUT2D eigenvalue weighted by atomic mass is 9.72. The zero-order valence-electron chi connectivity index (χ0n) is 16.5. The molecule has 5 heteroatoms. The van der Waals surface area contributed by atoms with Crippen molar-refractivity contribution in [3.63, 3.8) is 0 Å². The van der Waals surface area contributed by atoms with Crippen LogP contribution in [0.1, 0.15) is 43.0 Å². The van der Waals surface area contributed by atoms with Gasteiger partial charge in [0.1, 0.15) is 5.78 Å². The number of anilines is 2. The lowest BCUT2D eigenvalue weighted by Gasteiger charge is -2.35. The van der Waals surface area contributed by atoms with Crippen molar-refractivity contribution in [2.75, 3.05) is 10.6 Å². The van der Waals surface area contributed by atoms with Gasteiger partial charge in [-0.25, -0.2) is 0 Å². The fraction of sp³-hybridized carbons (Fsp3) is 0.348. The Hall–Kier alpha value is -1.97. The summed E-state index contributed by atoms with van der Waals surface area (Å²) < 4.78 is 0. The van der Waals surface area contributed by atoms with E-state index in [-0.39, 0.29) is 23.2 Å². The normalized spacial score (nSPS) is 22.9. The molecule has 0 saturated heterocycles. The molecule has 146 valence electrons. The first-order valence-electron chi connectivity index (χ1n) is 9.50. The molecule has 1 aliphatic carbocycles. The van der Waals surface area contributed by atoms with E-state index in [4.69, 9.17) is 23.2 Å². The third kappa shape index (κ3) is 3.42. The highest BCUT2D eigenvalue weighted by atomic mass is 35.5. The minimum Gasteiger partial charge on any atom is -0.375 e. The van der Waals surface area contributed by atoms with Crippen LogP contribution in [0.25, 0.3) is 0 Å². The highest BCUT2D eigenvalue weighted by Crippen LogP contribution is 2.46. The summed E-state index contributed by atoms with van der Waals surface area (Å²) in [5, 5.41) is 8.18. The molecule has 2 aliphatic rings. The summed E-state index contributed by atoms with van der Waals surface area (Å²) in [7, 11) is 0. The second-order valence-corrected chi connectivity index (χ2v) is 9.43. The zero-order chi connectivity index (χ0) is 20.2. The fourth-order valence-corrected chi connectivity index (χ4v) is 4.51. The van der Waals surface area contributed by atoms with Crippen molar-refractivity contribution in [1.82, 2.24) is 0 Å². The summed E-state index contributed by atoms with van der Waals surface area (Å²) in [4.78, 5) is 13.2. The van der Waals surface area contributed by atoms with Crippen molar-refractivity contribution in [3.8, 4) is 0 Å². The van der Waals surface area contributed by atoms with Gasteiger partial charge < -0.3 is 10.6 Å². The van der Waals surface area contributed by atoms with E-state index in [0.29, 0.717) is 16.5 Å². The molecule has 0 unspecified atom stereocenters. The number of nitrogens with one attached hydrogen (secondary N) is 2. The third-order valence-corrected chi connectivity index (χ3v) is 6.46. The number of halogens is 2. The minimum absolute atomic E-state index is 0.178. The molecule has 2 N–H and O–H groups in total. The van der Waals surface area contributed by atoms with Crippen LogP contribution in [-0.4, -0.2) is 5.78 Å². The van der Waals surface area contributed by atoms with Crippen molar-refractivity contribution in [2.45, 2.75) is 40.2 Å². The number of Topliss-reactive ketones (excluding diaryl/α,β-unsaturated/α-hetero) is 1. The van der Waals surface area contributed by atoms with Crippen molar-refractivity contribution in [1.29, 1.82) is 0 Å². The van der Waals surface area contributed by atoms with Crippen LogP contribution in [0.15, 0.2) is 42.1 Å². The average molecular weight is 415 g/mol. The Bertz CT molecular complexity index is 1010. The summed E-state index contributed by atoms with van der Waals surface area (Å²) in [6, 6.07) is 9.65. The van der Waals surface area contributed by atoms with Gasteiger partial charge in [-0.1, -0.05) is 49.2 Å². The van der Waals surface area contributed by atoms with Crippen LogP contribution >= 0.6 is 23.2 Å². The molecule has 0 aromatic heterocycles. The van der Waals surface area contributed by atoms with Gasteiger partial charge in [-0.05, 0) is 60.2 Å². The Morgan fingerprint density at radius 2 is 1.68 bits per heavy atom. The molecule has 2 atom stereocenters. The molecule has 0 bridgehead atoms. The second kappa shape index (κ2) is 6.82. The molecule has 28 heavy (non-hydrogen) atoms. The van der Waals surface area contributed by atoms with Crippen molar-refractivity contribution in [3.05, 3.63) is 68.8 Å². The average Bonchev–Trinajstić information content (AvgIpc) is 2.73. The third-order valence-electron chi connectivity index (χ3n) is 5.72. The second-order valence-electron chi connectivity index (χ2n) is 8.61. The quantitative estimate of drug-likeness (QED) is 0.545. The number of hydrogen-bond acceptors (Lipinski definition) is 3. The largest absolute Gasteiger partial charge is 0.375 e. The van der Waals surface area contributed by atoms with Crippen molar-refractivity contribution < 1.29 is 4.79 Å². The van der Waals surface area contributed by atoms with Gasteiger partial charge >= 0.3 is 0 Å². The van der Waals surface area contributed by atoms with E-state index >= 15 is 0 Å². The molecule has 0 saturated carbocycles. The van der Waals surface area contributed by atoms with E-state index in [2.05, 4.69) is 56.5 Å². The maximum atomic E-state index is 13.2. The molecule has 2 aromatic rings. The Labute approximate surface area is 176 Å². The first-order chi connectivity index (χ1) is 13.1. The molecule has 1 aliphatic heterocycles. The summed E-state index contributed by atoms with van der Waals surface area (Å²) in [6.45, 7) is 8.39. The monoisotopic (exact) mass is 414 g/mol. The van der Waals surface area contributed by atoms with Gasteiger partial charge in [-0.2, -0.15) is 0 Å². The van der Waals surface area contributed by atoms with E-state index in [0.717, 1.165) is 22.6 Å². The van der Waals surface area contributed by atoms with Gasteiger partial charge in [0.2, 0.25) is 0 Å². The smallest absolute Gasteiger partial charge is 0.145 e. The molecule has 0 radical (unpaired) electrons. The van der Waals surface area contributed by atoms with E-state index in [1.807, 2.05) is 12.1 Å². The first kappa shape index (κ1) is 19.4. The molecular weight excluding hydrogens is 391 g/mol. The lowest BCUT2D eigenvalue weighted by Crippen LogP contribution is -2.36. The summed E-state index contributed by atoms with van der Waals surface area (Å²) in [5.41, 5.74) is 6.11. The Morgan fingerprint density at radius 3 is 2.36 bits per heavy atom. The molecular formula is C23H24Cl2N2O. The van der Waals surface area contributed by atoms with Crippen LogP contribution in [0.3, 0.4) is 0 Å². The van der Waals surface area contributed by atoms with Crippen LogP contribution in [0.2, 0.25) is 10.0 Å². The summed E-state index contributed by atoms with van der Waals surface area (Å²) in [5.74, 6) is -0.0851. The number of fused-ring (bicyclic) bond motifs is 2. The van der Waals surface area contributed by atoms with E-state index in [1.165, 1.54) is 11.1 Å². The van der Waals surface area contributed by atoms with E-state index in [1.54, 1.807) is 6.07 Å². The molecule has 0 spiro atoms. The van der Waals surface area contributed by atoms with Crippen LogP contribution in [0, 0.1) is 25.2 Å². The number of aryl methyl sites for hydroxylation is 2. The lowest BCUT2D eigenvalue weighted by molar-refractivity contribution is -0.124. The van der Waals surface area contributed by atoms with Crippen molar-refractivity contribution in [2.24, 2.45) is 11.3 Å². The predicted molar refractivity (Wildman–Crippen MR) is 117 cm³/mol. The highest BCUT2D eigenvalue weighted by Gasteiger charge is 2.41. The van der Waals surface area contributed by atoms with Crippen LogP contribution in [0.4, 0.5) is 11.4 Å². The van der Waals surface area contributed by atoms with Gasteiger partial charge in [-0.3, -0.25) is 4.79 Å². The molecule has 2 aromatic carbocycles. The van der Waals surface area contributed by atoms with E-state index in [9.17, 15) is 4.79 Å². The molecule has 1 heterocycles. The molecule has 0 amide bonds. The Kier molecular flexibility index (Phi) is 4.71. The van der Waals surface area contributed by atoms with Gasteiger partial charge in [0, 0.05) is 12.1 Å². The SMILES string of the molecule is Cc1cc2c(cc1C)N[C@H](c1ccc(Cl)c(Cl)c1)[C@@H]1C(=O)CC(C)(C)C=C1N2. The number of allylic oxidation sites excluding steroid dienone is 1. The topological polar surface area (TPSA) is 41.1 Å². The number of benzene rings is 2. The maximum Gasteiger partial charge on any atom is 0.145 e. The fourth-order valence-electron chi connectivity index (χ4n) is 4.20. The molecule has 4 rings (SSSR count).